The number of rotatable bonds is 12. The zero-order valence-corrected chi connectivity index (χ0v) is 26.7. The van der Waals surface area contributed by atoms with Crippen LogP contribution in [-0.2, 0) is 14.3 Å². The Hall–Kier alpha value is -4.13. The third-order valence-corrected chi connectivity index (χ3v) is 8.23. The molecule has 4 rings (SSSR count). The first-order valence-corrected chi connectivity index (χ1v) is 14.9. The number of benzene rings is 2. The number of carbonyl (C=O) groups is 1. The van der Waals surface area contributed by atoms with Crippen LogP contribution < -0.4 is 0 Å². The van der Waals surface area contributed by atoms with Crippen molar-refractivity contribution in [2.45, 2.75) is 24.3 Å². The molecule has 0 fully saturated rings. The van der Waals surface area contributed by atoms with Gasteiger partial charge in [-0.15, -0.1) is 0 Å². The molecule has 0 aliphatic heterocycles. The average Bonchev–Trinajstić information content (AvgIpc) is 3.06. The fourth-order valence-electron chi connectivity index (χ4n) is 5.20. The molecule has 2 aromatic carbocycles. The molecule has 0 bridgehead atoms. The molecule has 5 nitrogen and oxygen atoms in total. The zero-order chi connectivity index (χ0) is 31.6. The summed E-state index contributed by atoms with van der Waals surface area (Å²) in [6, 6.07) is 20.0. The standard InChI is InChI=1S/C39H44N2O3/c1-40(2)38(43-5)25-21-33(22-26-38)29-35(19-17-31-13-9-7-10-14-31)37(42)36(20-18-32-15-11-8-12-16-32)30-34-23-27-39(44-6,28-24-34)41(3)4/h7-25,27,29-30H,26,28H2,1-6H3. The van der Waals surface area contributed by atoms with E-state index in [9.17, 15) is 4.79 Å². The molecule has 228 valence electrons. The van der Waals surface area contributed by atoms with Crippen LogP contribution in [0.15, 0.2) is 144 Å². The summed E-state index contributed by atoms with van der Waals surface area (Å²) in [5.41, 5.74) is 4.12. The van der Waals surface area contributed by atoms with Gasteiger partial charge < -0.3 is 9.47 Å². The highest BCUT2D eigenvalue weighted by Gasteiger charge is 2.31. The van der Waals surface area contributed by atoms with Gasteiger partial charge in [0.2, 0.25) is 0 Å². The molecule has 2 atom stereocenters. The quantitative estimate of drug-likeness (QED) is 0.147. The van der Waals surface area contributed by atoms with Gasteiger partial charge in [0.25, 0.3) is 0 Å². The molecular formula is C39H44N2O3. The Kier molecular flexibility index (Phi) is 11.2. The summed E-state index contributed by atoms with van der Waals surface area (Å²) in [5, 5.41) is 0. The summed E-state index contributed by atoms with van der Waals surface area (Å²) >= 11 is 0. The lowest BCUT2D eigenvalue weighted by molar-refractivity contribution is -0.111. The SMILES string of the molecule is COC1(N(C)C)C=CC(C=C(C=Cc2ccccc2)C(=O)C(C=Cc2ccccc2)=CC2=CCC(OC)(N(C)C)C=C2)=CC1. The summed E-state index contributed by atoms with van der Waals surface area (Å²) in [5.74, 6) is -0.0691. The Bertz CT molecular complexity index is 1420. The van der Waals surface area contributed by atoms with Crippen molar-refractivity contribution in [2.24, 2.45) is 0 Å². The van der Waals surface area contributed by atoms with Crippen LogP contribution in [0.2, 0.25) is 0 Å². The van der Waals surface area contributed by atoms with E-state index >= 15 is 0 Å². The van der Waals surface area contributed by atoms with Crippen molar-refractivity contribution in [3.63, 3.8) is 0 Å². The molecular weight excluding hydrogens is 544 g/mol. The van der Waals surface area contributed by atoms with E-state index in [1.54, 1.807) is 14.2 Å². The summed E-state index contributed by atoms with van der Waals surface area (Å²) in [7, 11) is 11.4. The predicted octanol–water partition coefficient (Wildman–Crippen LogP) is 7.42. The zero-order valence-electron chi connectivity index (χ0n) is 26.7. The summed E-state index contributed by atoms with van der Waals surface area (Å²) in [6.45, 7) is 0. The summed E-state index contributed by atoms with van der Waals surface area (Å²) in [6.07, 6.45) is 25.5. The summed E-state index contributed by atoms with van der Waals surface area (Å²) < 4.78 is 11.7. The van der Waals surface area contributed by atoms with Crippen LogP contribution in [-0.4, -0.2) is 69.4 Å². The van der Waals surface area contributed by atoms with Gasteiger partial charge in [-0.05, 0) is 74.8 Å². The van der Waals surface area contributed by atoms with Crippen molar-refractivity contribution in [3.05, 3.63) is 155 Å². The normalized spacial score (nSPS) is 22.7. The van der Waals surface area contributed by atoms with Crippen LogP contribution in [0.5, 0.6) is 0 Å². The highest BCUT2D eigenvalue weighted by atomic mass is 16.5. The van der Waals surface area contributed by atoms with E-state index in [0.717, 1.165) is 22.3 Å². The number of hydrogen-bond donors (Lipinski definition) is 0. The summed E-state index contributed by atoms with van der Waals surface area (Å²) in [4.78, 5) is 18.5. The third-order valence-electron chi connectivity index (χ3n) is 8.23. The number of nitrogens with zero attached hydrogens (tertiary/aromatic N) is 2. The minimum atomic E-state index is -0.505. The van der Waals surface area contributed by atoms with Crippen molar-refractivity contribution in [1.82, 2.24) is 9.80 Å². The van der Waals surface area contributed by atoms with Gasteiger partial charge in [0.1, 0.15) is 11.4 Å². The van der Waals surface area contributed by atoms with Gasteiger partial charge in [0, 0.05) is 38.2 Å². The number of methoxy groups -OCH3 is 2. The van der Waals surface area contributed by atoms with Crippen LogP contribution in [0.1, 0.15) is 24.0 Å². The Morgan fingerprint density at radius 3 is 1.34 bits per heavy atom. The highest BCUT2D eigenvalue weighted by molar-refractivity contribution is 6.13. The lowest BCUT2D eigenvalue weighted by Gasteiger charge is -2.37. The van der Waals surface area contributed by atoms with Gasteiger partial charge in [-0.1, -0.05) is 109 Å². The molecule has 2 unspecified atom stereocenters. The van der Waals surface area contributed by atoms with Gasteiger partial charge in [0.05, 0.1) is 0 Å². The maximum Gasteiger partial charge on any atom is 0.193 e. The number of hydrogen-bond acceptors (Lipinski definition) is 5. The molecule has 44 heavy (non-hydrogen) atoms. The molecule has 2 aliphatic carbocycles. The fourth-order valence-corrected chi connectivity index (χ4v) is 5.20. The van der Waals surface area contributed by atoms with E-state index in [1.165, 1.54) is 0 Å². The lowest BCUT2D eigenvalue weighted by Crippen LogP contribution is -2.44. The van der Waals surface area contributed by atoms with Crippen LogP contribution >= 0.6 is 0 Å². The van der Waals surface area contributed by atoms with Crippen molar-refractivity contribution in [2.75, 3.05) is 42.4 Å². The van der Waals surface area contributed by atoms with Crippen molar-refractivity contribution in [1.29, 1.82) is 0 Å². The van der Waals surface area contributed by atoms with Crippen molar-refractivity contribution >= 4 is 17.9 Å². The molecule has 0 aromatic heterocycles. The van der Waals surface area contributed by atoms with E-state index < -0.39 is 11.4 Å². The van der Waals surface area contributed by atoms with E-state index in [1.807, 2.05) is 137 Å². The van der Waals surface area contributed by atoms with E-state index in [0.29, 0.717) is 24.0 Å². The number of Topliss-reactive ketones (excluding diaryl/α,β-unsaturated/α-hetero) is 1. The minimum absolute atomic E-state index is 0.0691. The van der Waals surface area contributed by atoms with Crippen LogP contribution in [0.25, 0.3) is 12.2 Å². The smallest absolute Gasteiger partial charge is 0.193 e. The number of allylic oxidation sites excluding steroid dienone is 10. The number of ketones is 1. The van der Waals surface area contributed by atoms with Crippen LogP contribution in [0.4, 0.5) is 0 Å². The molecule has 2 aromatic rings. The molecule has 5 heteroatoms. The van der Waals surface area contributed by atoms with E-state index in [2.05, 4.69) is 34.1 Å². The van der Waals surface area contributed by atoms with E-state index in [-0.39, 0.29) is 5.78 Å². The monoisotopic (exact) mass is 588 g/mol. The molecule has 0 amide bonds. The molecule has 0 saturated carbocycles. The molecule has 0 saturated heterocycles. The highest BCUT2D eigenvalue weighted by Crippen LogP contribution is 2.30. The fraction of sp³-hybridized carbons (Fsp3) is 0.256. The topological polar surface area (TPSA) is 42.0 Å². The Labute approximate surface area is 263 Å². The Morgan fingerprint density at radius 1 is 0.659 bits per heavy atom. The number of ether oxygens (including phenoxy) is 2. The average molecular weight is 589 g/mol. The molecule has 2 aliphatic rings. The van der Waals surface area contributed by atoms with E-state index in [4.69, 9.17) is 9.47 Å². The van der Waals surface area contributed by atoms with Gasteiger partial charge in [-0.2, -0.15) is 0 Å². The van der Waals surface area contributed by atoms with Crippen LogP contribution in [0, 0.1) is 0 Å². The molecule has 0 N–H and O–H groups in total. The van der Waals surface area contributed by atoms with Crippen molar-refractivity contribution < 1.29 is 14.3 Å². The first kappa shape index (κ1) is 32.8. The Morgan fingerprint density at radius 2 is 1.05 bits per heavy atom. The minimum Gasteiger partial charge on any atom is -0.360 e. The number of likely N-dealkylation sites (N-methyl/N-ethyl adjacent to an activating group) is 2. The Balaban J connectivity index is 1.75. The molecule has 0 radical (unpaired) electrons. The molecule has 0 spiro atoms. The van der Waals surface area contributed by atoms with Gasteiger partial charge >= 0.3 is 0 Å². The van der Waals surface area contributed by atoms with Gasteiger partial charge in [-0.3, -0.25) is 14.6 Å². The number of carbonyl (C=O) groups excluding carboxylic acids is 1. The second kappa shape index (κ2) is 15.0. The molecule has 0 heterocycles. The lowest BCUT2D eigenvalue weighted by atomic mass is 9.92. The second-order valence-electron chi connectivity index (χ2n) is 11.4. The van der Waals surface area contributed by atoms with Crippen molar-refractivity contribution in [3.8, 4) is 0 Å². The van der Waals surface area contributed by atoms with Gasteiger partial charge in [0.15, 0.2) is 5.78 Å². The predicted molar refractivity (Wildman–Crippen MR) is 183 cm³/mol. The first-order valence-electron chi connectivity index (χ1n) is 14.9. The maximum absolute atomic E-state index is 14.4. The maximum atomic E-state index is 14.4. The largest absolute Gasteiger partial charge is 0.360 e. The third kappa shape index (κ3) is 8.07. The van der Waals surface area contributed by atoms with Gasteiger partial charge in [-0.25, -0.2) is 0 Å². The first-order chi connectivity index (χ1) is 21.2. The second-order valence-corrected chi connectivity index (χ2v) is 11.4. The van der Waals surface area contributed by atoms with Crippen LogP contribution in [0.3, 0.4) is 0 Å².